The SMILES string of the molecule is Cc1nn(C)c2c1-c1cc3c(n[nH]c3cn1)/C=C/c1c(OCC=N)nn(CCO)c1CN(C)CCO2. The fraction of sp³-hybridized carbons (Fsp3) is 0.375. The first-order valence-electron chi connectivity index (χ1n) is 11.7. The Bertz CT molecular complexity index is 1430. The Balaban J connectivity index is 1.67. The monoisotopic (exact) mass is 491 g/mol. The quantitative estimate of drug-likeness (QED) is 0.359. The Kier molecular flexibility index (Phi) is 6.53. The van der Waals surface area contributed by atoms with E-state index in [4.69, 9.17) is 14.9 Å². The van der Waals surface area contributed by atoms with Crippen molar-refractivity contribution in [1.29, 1.82) is 5.41 Å². The standard InChI is InChI=1S/C24H29N9O3/c1-15-22-19-12-17-18(27-28-20(17)13-26-19)5-4-16-21(33(7-9-34)30-23(16)35-10-6-25)14-31(2)8-11-36-24(22)32(3)29-15/h4-6,12-13,25,34H,7-11,14H2,1-3H3,(H,27,28)/b5-4+,25-6?. The van der Waals surface area contributed by atoms with Crippen LogP contribution in [-0.4, -0.2) is 84.4 Å². The highest BCUT2D eigenvalue weighted by Crippen LogP contribution is 2.34. The van der Waals surface area contributed by atoms with Crippen molar-refractivity contribution in [3.63, 3.8) is 0 Å². The number of aromatic amines is 1. The van der Waals surface area contributed by atoms with Gasteiger partial charge < -0.3 is 20.0 Å². The van der Waals surface area contributed by atoms with E-state index in [0.717, 1.165) is 44.8 Å². The van der Waals surface area contributed by atoms with Gasteiger partial charge in [0.25, 0.3) is 0 Å². The van der Waals surface area contributed by atoms with Crippen LogP contribution >= 0.6 is 0 Å². The molecular weight excluding hydrogens is 462 g/mol. The summed E-state index contributed by atoms with van der Waals surface area (Å²) in [7, 11) is 3.87. The molecule has 188 valence electrons. The molecule has 0 radical (unpaired) electrons. The Hall–Kier alpha value is -4.03. The summed E-state index contributed by atoms with van der Waals surface area (Å²) < 4.78 is 15.5. The number of aromatic nitrogens is 7. The number of aryl methyl sites for hydroxylation is 2. The van der Waals surface area contributed by atoms with E-state index in [2.05, 4.69) is 30.3 Å². The van der Waals surface area contributed by atoms with E-state index < -0.39 is 0 Å². The van der Waals surface area contributed by atoms with Crippen LogP contribution in [0.4, 0.5) is 0 Å². The van der Waals surface area contributed by atoms with E-state index in [1.807, 2.05) is 39.2 Å². The molecule has 1 aliphatic heterocycles. The summed E-state index contributed by atoms with van der Waals surface area (Å²) in [5.41, 5.74) is 5.66. The number of nitrogens with zero attached hydrogens (tertiary/aromatic N) is 7. The number of H-pyrrole nitrogens is 1. The van der Waals surface area contributed by atoms with Crippen molar-refractivity contribution in [3.05, 3.63) is 34.9 Å². The van der Waals surface area contributed by atoms with Gasteiger partial charge in [0.15, 0.2) is 0 Å². The molecule has 12 heteroatoms. The molecule has 1 aliphatic rings. The molecule has 5 heterocycles. The normalized spacial score (nSPS) is 15.1. The van der Waals surface area contributed by atoms with E-state index in [9.17, 15) is 5.11 Å². The van der Waals surface area contributed by atoms with Gasteiger partial charge in [-0.15, -0.1) is 5.10 Å². The lowest BCUT2D eigenvalue weighted by molar-refractivity contribution is 0.215. The van der Waals surface area contributed by atoms with Crippen LogP contribution < -0.4 is 9.47 Å². The van der Waals surface area contributed by atoms with Gasteiger partial charge in [0.2, 0.25) is 11.8 Å². The first-order chi connectivity index (χ1) is 17.5. The molecule has 3 N–H and O–H groups in total. The van der Waals surface area contributed by atoms with E-state index >= 15 is 0 Å². The Labute approximate surface area is 207 Å². The van der Waals surface area contributed by atoms with E-state index in [1.54, 1.807) is 15.6 Å². The van der Waals surface area contributed by atoms with Crippen molar-refractivity contribution in [2.45, 2.75) is 20.0 Å². The third-order valence-corrected chi connectivity index (χ3v) is 6.12. The minimum absolute atomic E-state index is 0.0585. The molecule has 12 nitrogen and oxygen atoms in total. The maximum atomic E-state index is 9.64. The summed E-state index contributed by atoms with van der Waals surface area (Å²) in [5.74, 6) is 1.07. The molecule has 0 spiro atoms. The molecule has 2 bridgehead atoms. The molecule has 0 aliphatic carbocycles. The lowest BCUT2D eigenvalue weighted by Gasteiger charge is -2.18. The number of hydrogen-bond donors (Lipinski definition) is 3. The average molecular weight is 492 g/mol. The zero-order valence-electron chi connectivity index (χ0n) is 20.5. The number of pyridine rings is 1. The van der Waals surface area contributed by atoms with Crippen LogP contribution in [0.3, 0.4) is 0 Å². The molecule has 0 fully saturated rings. The van der Waals surface area contributed by atoms with Gasteiger partial charge in [-0.1, -0.05) is 0 Å². The summed E-state index contributed by atoms with van der Waals surface area (Å²) in [6.45, 7) is 3.95. The number of hydrogen-bond acceptors (Lipinski definition) is 9. The molecule has 36 heavy (non-hydrogen) atoms. The predicted molar refractivity (Wildman–Crippen MR) is 135 cm³/mol. The van der Waals surface area contributed by atoms with Crippen molar-refractivity contribution in [2.75, 3.05) is 33.4 Å². The zero-order chi connectivity index (χ0) is 25.2. The van der Waals surface area contributed by atoms with Crippen LogP contribution in [0.5, 0.6) is 11.8 Å². The molecule has 4 aromatic rings. The van der Waals surface area contributed by atoms with Crippen LogP contribution in [0, 0.1) is 12.3 Å². The second-order valence-electron chi connectivity index (χ2n) is 8.66. The van der Waals surface area contributed by atoms with Crippen molar-refractivity contribution in [1.82, 2.24) is 39.6 Å². The third kappa shape index (κ3) is 4.36. The molecule has 5 rings (SSSR count). The van der Waals surface area contributed by atoms with Gasteiger partial charge in [0.1, 0.15) is 13.2 Å². The average Bonchev–Trinajstić information content (AvgIpc) is 3.49. The van der Waals surface area contributed by atoms with Crippen molar-refractivity contribution in [3.8, 4) is 23.0 Å². The molecular formula is C24H29N9O3. The van der Waals surface area contributed by atoms with Crippen molar-refractivity contribution < 1.29 is 14.6 Å². The zero-order valence-corrected chi connectivity index (χ0v) is 20.5. The van der Waals surface area contributed by atoms with Crippen LogP contribution in [0.2, 0.25) is 0 Å². The van der Waals surface area contributed by atoms with Crippen LogP contribution in [-0.2, 0) is 20.1 Å². The number of nitrogens with one attached hydrogen (secondary N) is 2. The largest absolute Gasteiger partial charge is 0.476 e. The Morgan fingerprint density at radius 2 is 2.14 bits per heavy atom. The summed E-state index contributed by atoms with van der Waals surface area (Å²) in [6.07, 6.45) is 6.79. The van der Waals surface area contributed by atoms with Crippen LogP contribution in [0.25, 0.3) is 34.3 Å². The number of ether oxygens (including phenoxy) is 2. The minimum Gasteiger partial charge on any atom is -0.476 e. The van der Waals surface area contributed by atoms with Crippen LogP contribution in [0.15, 0.2) is 12.3 Å². The lowest BCUT2D eigenvalue weighted by Crippen LogP contribution is -2.26. The smallest absolute Gasteiger partial charge is 0.240 e. The second-order valence-corrected chi connectivity index (χ2v) is 8.66. The highest BCUT2D eigenvalue weighted by Gasteiger charge is 2.22. The number of fused-ring (bicyclic) bond motifs is 4. The molecule has 4 aromatic heterocycles. The molecule has 0 unspecified atom stereocenters. The van der Waals surface area contributed by atoms with Crippen molar-refractivity contribution in [2.24, 2.45) is 7.05 Å². The van der Waals surface area contributed by atoms with Crippen molar-refractivity contribution >= 4 is 29.3 Å². The molecule has 0 amide bonds. The van der Waals surface area contributed by atoms with Gasteiger partial charge in [0.05, 0.1) is 58.8 Å². The predicted octanol–water partition coefficient (Wildman–Crippen LogP) is 1.88. The third-order valence-electron chi connectivity index (χ3n) is 6.12. The summed E-state index contributed by atoms with van der Waals surface area (Å²) in [6, 6.07) is 1.99. The summed E-state index contributed by atoms with van der Waals surface area (Å²) in [5, 5.41) is 34.6. The van der Waals surface area contributed by atoms with Gasteiger partial charge in [-0.05, 0) is 32.2 Å². The summed E-state index contributed by atoms with van der Waals surface area (Å²) >= 11 is 0. The van der Waals surface area contributed by atoms with Gasteiger partial charge >= 0.3 is 0 Å². The minimum atomic E-state index is -0.0585. The van der Waals surface area contributed by atoms with Gasteiger partial charge in [-0.3, -0.25) is 19.7 Å². The maximum absolute atomic E-state index is 9.64. The van der Waals surface area contributed by atoms with Gasteiger partial charge in [-0.2, -0.15) is 10.2 Å². The molecule has 0 saturated heterocycles. The fourth-order valence-corrected chi connectivity index (χ4v) is 4.42. The maximum Gasteiger partial charge on any atom is 0.240 e. The topological polar surface area (TPSA) is 143 Å². The first-order valence-corrected chi connectivity index (χ1v) is 11.7. The molecule has 0 saturated carbocycles. The van der Waals surface area contributed by atoms with E-state index in [1.165, 1.54) is 6.21 Å². The van der Waals surface area contributed by atoms with E-state index in [-0.39, 0.29) is 13.2 Å². The van der Waals surface area contributed by atoms with Gasteiger partial charge in [0, 0.05) is 31.7 Å². The lowest BCUT2D eigenvalue weighted by atomic mass is 10.1. The highest BCUT2D eigenvalue weighted by molar-refractivity contribution is 5.92. The number of likely N-dealkylation sites (N-methyl/N-ethyl adjacent to an activating group) is 1. The first kappa shape index (κ1) is 23.7. The second kappa shape index (κ2) is 9.91. The van der Waals surface area contributed by atoms with E-state index in [0.29, 0.717) is 38.0 Å². The Morgan fingerprint density at radius 3 is 2.94 bits per heavy atom. The summed E-state index contributed by atoms with van der Waals surface area (Å²) in [4.78, 5) is 6.77. The number of rotatable bonds is 5. The number of aliphatic hydroxyl groups excluding tert-OH is 1. The fourth-order valence-electron chi connectivity index (χ4n) is 4.42. The van der Waals surface area contributed by atoms with Gasteiger partial charge in [-0.25, -0.2) is 4.68 Å². The molecule has 0 aromatic carbocycles. The van der Waals surface area contributed by atoms with Crippen LogP contribution in [0.1, 0.15) is 22.6 Å². The number of aliphatic hydroxyl groups is 1. The highest BCUT2D eigenvalue weighted by atomic mass is 16.5. The molecule has 0 atom stereocenters. The Morgan fingerprint density at radius 1 is 1.28 bits per heavy atom.